The summed E-state index contributed by atoms with van der Waals surface area (Å²) >= 11 is 0. The zero-order valence-electron chi connectivity index (χ0n) is 12.7. The van der Waals surface area contributed by atoms with Crippen molar-refractivity contribution in [3.05, 3.63) is 33.9 Å². The Kier molecular flexibility index (Phi) is 4.13. The van der Waals surface area contributed by atoms with E-state index in [1.54, 1.807) is 13.2 Å². The van der Waals surface area contributed by atoms with Crippen LogP contribution in [0, 0.1) is 12.3 Å². The number of hydrogen-bond donors (Lipinski definition) is 2. The normalized spacial score (nSPS) is 11.8. The number of carbonyl (C=O) groups excluding carboxylic acids is 1. The molecule has 0 atom stereocenters. The SMILES string of the molecule is COCC(C)(C)CNC(=O)c1cnc2cc(C)[nH]n2c1=O. The summed E-state index contributed by atoms with van der Waals surface area (Å²) < 4.78 is 6.36. The second kappa shape index (κ2) is 5.69. The number of aromatic amines is 1. The van der Waals surface area contributed by atoms with Crippen LogP contribution in [0.4, 0.5) is 0 Å². The van der Waals surface area contributed by atoms with Gasteiger partial charge in [-0.2, -0.15) is 0 Å². The van der Waals surface area contributed by atoms with Gasteiger partial charge in [0.1, 0.15) is 5.56 Å². The molecule has 0 saturated carbocycles. The van der Waals surface area contributed by atoms with Crippen LogP contribution in [0.3, 0.4) is 0 Å². The van der Waals surface area contributed by atoms with Gasteiger partial charge >= 0.3 is 0 Å². The molecule has 21 heavy (non-hydrogen) atoms. The summed E-state index contributed by atoms with van der Waals surface area (Å²) in [6, 6.07) is 1.74. The topological polar surface area (TPSA) is 88.5 Å². The molecule has 0 aliphatic rings. The molecule has 0 bridgehead atoms. The molecule has 7 heteroatoms. The van der Waals surface area contributed by atoms with Crippen molar-refractivity contribution in [1.82, 2.24) is 19.9 Å². The molecule has 0 spiro atoms. The third kappa shape index (κ3) is 3.30. The number of amides is 1. The number of rotatable bonds is 5. The zero-order chi connectivity index (χ0) is 15.6. The second-order valence-corrected chi connectivity index (χ2v) is 5.89. The first-order chi connectivity index (χ1) is 9.84. The number of H-pyrrole nitrogens is 1. The summed E-state index contributed by atoms with van der Waals surface area (Å²) in [4.78, 5) is 28.5. The number of nitrogens with one attached hydrogen (secondary N) is 2. The van der Waals surface area contributed by atoms with Gasteiger partial charge in [0, 0.05) is 37.0 Å². The maximum absolute atomic E-state index is 12.2. The van der Waals surface area contributed by atoms with Crippen molar-refractivity contribution in [2.45, 2.75) is 20.8 Å². The first kappa shape index (κ1) is 15.2. The Hall–Kier alpha value is -2.15. The van der Waals surface area contributed by atoms with Gasteiger partial charge in [-0.05, 0) is 6.92 Å². The van der Waals surface area contributed by atoms with Gasteiger partial charge in [0.05, 0.1) is 6.61 Å². The molecule has 2 aromatic rings. The molecule has 0 aromatic carbocycles. The van der Waals surface area contributed by atoms with Gasteiger partial charge in [-0.1, -0.05) is 13.8 Å². The zero-order valence-corrected chi connectivity index (χ0v) is 12.7. The molecule has 0 saturated heterocycles. The molecule has 7 nitrogen and oxygen atoms in total. The van der Waals surface area contributed by atoms with E-state index in [9.17, 15) is 9.59 Å². The number of aromatic nitrogens is 3. The van der Waals surface area contributed by atoms with Crippen molar-refractivity contribution in [3.63, 3.8) is 0 Å². The van der Waals surface area contributed by atoms with E-state index >= 15 is 0 Å². The second-order valence-electron chi connectivity index (χ2n) is 5.89. The van der Waals surface area contributed by atoms with Crippen LogP contribution in [0.15, 0.2) is 17.1 Å². The fourth-order valence-electron chi connectivity index (χ4n) is 2.09. The van der Waals surface area contributed by atoms with Gasteiger partial charge < -0.3 is 10.1 Å². The summed E-state index contributed by atoms with van der Waals surface area (Å²) in [5.74, 6) is -0.432. The van der Waals surface area contributed by atoms with Crippen molar-refractivity contribution < 1.29 is 9.53 Å². The quantitative estimate of drug-likeness (QED) is 0.850. The molecule has 0 radical (unpaired) electrons. The van der Waals surface area contributed by atoms with E-state index in [4.69, 9.17) is 4.74 Å². The predicted molar refractivity (Wildman–Crippen MR) is 78.5 cm³/mol. The van der Waals surface area contributed by atoms with Crippen molar-refractivity contribution in [3.8, 4) is 0 Å². The average molecular weight is 292 g/mol. The molecular weight excluding hydrogens is 272 g/mol. The van der Waals surface area contributed by atoms with Crippen LogP contribution < -0.4 is 10.9 Å². The molecule has 0 aliphatic heterocycles. The van der Waals surface area contributed by atoms with Gasteiger partial charge in [-0.3, -0.25) is 14.7 Å². The summed E-state index contributed by atoms with van der Waals surface area (Å²) in [5, 5.41) is 5.61. The molecule has 2 heterocycles. The Balaban J connectivity index is 2.20. The third-order valence-electron chi connectivity index (χ3n) is 3.13. The predicted octanol–water partition coefficient (Wildman–Crippen LogP) is 0.733. The van der Waals surface area contributed by atoms with Gasteiger partial charge in [0.25, 0.3) is 11.5 Å². The molecular formula is C14H20N4O3. The number of carbonyl (C=O) groups is 1. The molecule has 114 valence electrons. The van der Waals surface area contributed by atoms with Crippen molar-refractivity contribution in [2.75, 3.05) is 20.3 Å². The van der Waals surface area contributed by atoms with Crippen LogP contribution in [-0.4, -0.2) is 40.8 Å². The molecule has 0 unspecified atom stereocenters. The summed E-state index contributed by atoms with van der Waals surface area (Å²) in [6.07, 6.45) is 1.31. The number of nitrogens with zero attached hydrogens (tertiary/aromatic N) is 2. The smallest absolute Gasteiger partial charge is 0.285 e. The van der Waals surface area contributed by atoms with Crippen molar-refractivity contribution in [1.29, 1.82) is 0 Å². The minimum absolute atomic E-state index is 0.0163. The average Bonchev–Trinajstić information content (AvgIpc) is 2.78. The fourth-order valence-corrected chi connectivity index (χ4v) is 2.09. The van der Waals surface area contributed by atoms with Crippen LogP contribution in [0.2, 0.25) is 0 Å². The molecule has 0 fully saturated rings. The number of ether oxygens (including phenoxy) is 1. The van der Waals surface area contributed by atoms with E-state index in [2.05, 4.69) is 15.4 Å². The highest BCUT2D eigenvalue weighted by molar-refractivity contribution is 5.93. The van der Waals surface area contributed by atoms with E-state index in [1.807, 2.05) is 20.8 Å². The monoisotopic (exact) mass is 292 g/mol. The fraction of sp³-hybridized carbons (Fsp3) is 0.500. The van der Waals surface area contributed by atoms with Crippen LogP contribution in [0.5, 0.6) is 0 Å². The van der Waals surface area contributed by atoms with Crippen molar-refractivity contribution >= 4 is 11.6 Å². The lowest BCUT2D eigenvalue weighted by Crippen LogP contribution is -2.39. The maximum atomic E-state index is 12.2. The third-order valence-corrected chi connectivity index (χ3v) is 3.13. The number of methoxy groups -OCH3 is 1. The highest BCUT2D eigenvalue weighted by Crippen LogP contribution is 2.13. The Morgan fingerprint density at radius 2 is 2.24 bits per heavy atom. The van der Waals surface area contributed by atoms with E-state index < -0.39 is 11.5 Å². The highest BCUT2D eigenvalue weighted by Gasteiger charge is 2.21. The Bertz CT molecular complexity index is 715. The largest absolute Gasteiger partial charge is 0.384 e. The lowest BCUT2D eigenvalue weighted by molar-refractivity contribution is 0.0845. The van der Waals surface area contributed by atoms with E-state index in [-0.39, 0.29) is 11.0 Å². The molecule has 1 amide bonds. The number of fused-ring (bicyclic) bond motifs is 1. The molecule has 2 aromatic heterocycles. The number of aryl methyl sites for hydroxylation is 1. The Labute approximate surface area is 122 Å². The summed E-state index contributed by atoms with van der Waals surface area (Å²) in [5.41, 5.74) is 0.700. The number of hydrogen-bond acceptors (Lipinski definition) is 4. The van der Waals surface area contributed by atoms with Gasteiger partial charge in [0.2, 0.25) is 0 Å². The van der Waals surface area contributed by atoms with Gasteiger partial charge in [-0.15, -0.1) is 0 Å². The minimum atomic E-state index is -0.432. The summed E-state index contributed by atoms with van der Waals surface area (Å²) in [6.45, 7) is 6.69. The standard InChI is InChI=1S/C14H20N4O3/c1-9-5-11-15-6-10(13(20)18(11)17-9)12(19)16-7-14(2,3)8-21-4/h5-6,17H,7-8H2,1-4H3,(H,16,19). The van der Waals surface area contributed by atoms with Crippen molar-refractivity contribution in [2.24, 2.45) is 5.41 Å². The highest BCUT2D eigenvalue weighted by atomic mass is 16.5. The van der Waals surface area contributed by atoms with Crippen LogP contribution >= 0.6 is 0 Å². The van der Waals surface area contributed by atoms with Crippen LogP contribution in [0.1, 0.15) is 29.9 Å². The van der Waals surface area contributed by atoms with E-state index in [0.29, 0.717) is 18.8 Å². The Morgan fingerprint density at radius 3 is 2.90 bits per heavy atom. The minimum Gasteiger partial charge on any atom is -0.384 e. The lowest BCUT2D eigenvalue weighted by atomic mass is 9.95. The summed E-state index contributed by atoms with van der Waals surface area (Å²) in [7, 11) is 1.61. The molecule has 2 N–H and O–H groups in total. The van der Waals surface area contributed by atoms with Crippen LogP contribution in [0.25, 0.3) is 5.65 Å². The van der Waals surface area contributed by atoms with E-state index in [1.165, 1.54) is 10.7 Å². The Morgan fingerprint density at radius 1 is 1.52 bits per heavy atom. The first-order valence-corrected chi connectivity index (χ1v) is 6.68. The van der Waals surface area contributed by atoms with E-state index in [0.717, 1.165) is 5.69 Å². The molecule has 0 aliphatic carbocycles. The molecule has 2 rings (SSSR count). The first-order valence-electron chi connectivity index (χ1n) is 6.68. The maximum Gasteiger partial charge on any atom is 0.285 e. The van der Waals surface area contributed by atoms with Gasteiger partial charge in [0.15, 0.2) is 5.65 Å². The van der Waals surface area contributed by atoms with Gasteiger partial charge in [-0.25, -0.2) is 9.50 Å². The van der Waals surface area contributed by atoms with Crippen LogP contribution in [-0.2, 0) is 4.74 Å². The lowest BCUT2D eigenvalue weighted by Gasteiger charge is -2.23.